The first-order chi connectivity index (χ1) is 11.7. The lowest BCUT2D eigenvalue weighted by Gasteiger charge is -2.25. The molecule has 0 aliphatic carbocycles. The summed E-state index contributed by atoms with van der Waals surface area (Å²) in [5, 5.41) is 5.00. The molecular formula is C17H19N3O3S. The fourth-order valence-corrected chi connectivity index (χ4v) is 3.20. The smallest absolute Gasteiger partial charge is 0.256 e. The number of hydrogen-bond acceptors (Lipinski definition) is 5. The number of unbranched alkanes of at least 4 members (excludes halogenated alkanes) is 1. The lowest BCUT2D eigenvalue weighted by Crippen LogP contribution is -2.32. The molecule has 2 aromatic rings. The van der Waals surface area contributed by atoms with Crippen LogP contribution in [0, 0.1) is 0 Å². The largest absolute Gasteiger partial charge is 0.344 e. The van der Waals surface area contributed by atoms with Gasteiger partial charge in [0, 0.05) is 29.2 Å². The van der Waals surface area contributed by atoms with Crippen molar-refractivity contribution in [3.05, 3.63) is 47.0 Å². The molecule has 0 fully saturated rings. The first-order valence-electron chi connectivity index (χ1n) is 7.91. The third-order valence-corrected chi connectivity index (χ3v) is 4.49. The van der Waals surface area contributed by atoms with Gasteiger partial charge < -0.3 is 9.64 Å². The van der Waals surface area contributed by atoms with Crippen molar-refractivity contribution in [1.82, 2.24) is 9.88 Å². The molecule has 1 aliphatic heterocycles. The number of thiazole rings is 1. The third kappa shape index (κ3) is 3.47. The normalized spacial score (nSPS) is 16.3. The Morgan fingerprint density at radius 1 is 1.42 bits per heavy atom. The van der Waals surface area contributed by atoms with Crippen LogP contribution >= 0.6 is 11.3 Å². The van der Waals surface area contributed by atoms with Crippen LogP contribution < -0.4 is 5.32 Å². The fraction of sp³-hybridized carbons (Fsp3) is 0.353. The van der Waals surface area contributed by atoms with Gasteiger partial charge in [-0.2, -0.15) is 0 Å². The fourth-order valence-electron chi connectivity index (χ4n) is 2.66. The second kappa shape index (κ2) is 7.55. The highest BCUT2D eigenvalue weighted by Crippen LogP contribution is 2.34. The molecule has 0 spiro atoms. The average Bonchev–Trinajstić information content (AvgIpc) is 3.18. The molecule has 0 saturated heterocycles. The van der Waals surface area contributed by atoms with Crippen molar-refractivity contribution in [2.24, 2.45) is 0 Å². The predicted octanol–water partition coefficient (Wildman–Crippen LogP) is 3.05. The van der Waals surface area contributed by atoms with E-state index in [1.807, 2.05) is 18.2 Å². The number of ether oxygens (including phenoxy) is 1. The minimum Gasteiger partial charge on any atom is -0.344 e. The van der Waals surface area contributed by atoms with Crippen molar-refractivity contribution in [3.63, 3.8) is 0 Å². The van der Waals surface area contributed by atoms with Gasteiger partial charge in [-0.15, -0.1) is 11.3 Å². The summed E-state index contributed by atoms with van der Waals surface area (Å²) in [6, 6.07) is 7.39. The standard InChI is InChI=1S/C17H19N3O3S/c1-2-3-9-20-15(22)12-6-4-5-7-13(12)16(20)23-11-14(21)19-17-18-8-10-24-17/h4-8,10,16H,2-3,9,11H2,1H3,(H,18,19,21). The number of benzene rings is 1. The van der Waals surface area contributed by atoms with E-state index in [0.29, 0.717) is 17.2 Å². The molecule has 6 nitrogen and oxygen atoms in total. The van der Waals surface area contributed by atoms with Crippen LogP contribution in [0.15, 0.2) is 35.8 Å². The van der Waals surface area contributed by atoms with Gasteiger partial charge in [-0.1, -0.05) is 31.5 Å². The van der Waals surface area contributed by atoms with Crippen molar-refractivity contribution in [3.8, 4) is 0 Å². The Bertz CT molecular complexity index is 718. The second-order valence-electron chi connectivity index (χ2n) is 5.49. The first-order valence-corrected chi connectivity index (χ1v) is 8.79. The first kappa shape index (κ1) is 16.6. The molecule has 24 heavy (non-hydrogen) atoms. The Balaban J connectivity index is 1.69. The maximum atomic E-state index is 12.6. The number of carbonyl (C=O) groups excluding carboxylic acids is 2. The molecule has 0 bridgehead atoms. The van der Waals surface area contributed by atoms with Crippen molar-refractivity contribution in [2.45, 2.75) is 26.0 Å². The van der Waals surface area contributed by atoms with Crippen molar-refractivity contribution < 1.29 is 14.3 Å². The molecule has 3 rings (SSSR count). The molecule has 7 heteroatoms. The maximum absolute atomic E-state index is 12.6. The van der Waals surface area contributed by atoms with Gasteiger partial charge in [-0.05, 0) is 12.5 Å². The summed E-state index contributed by atoms with van der Waals surface area (Å²) in [5.74, 6) is -0.318. The number of nitrogens with zero attached hydrogens (tertiary/aromatic N) is 2. The number of amides is 2. The molecule has 1 atom stereocenters. The molecule has 0 radical (unpaired) electrons. The summed E-state index contributed by atoms with van der Waals surface area (Å²) in [5.41, 5.74) is 1.47. The molecular weight excluding hydrogens is 326 g/mol. The predicted molar refractivity (Wildman–Crippen MR) is 91.8 cm³/mol. The van der Waals surface area contributed by atoms with Crippen LogP contribution in [-0.4, -0.2) is 34.8 Å². The monoisotopic (exact) mass is 345 g/mol. The SMILES string of the molecule is CCCCN1C(=O)c2ccccc2C1OCC(=O)Nc1nccs1. The van der Waals surface area contributed by atoms with Gasteiger partial charge in [-0.3, -0.25) is 14.9 Å². The number of aromatic nitrogens is 1. The highest BCUT2D eigenvalue weighted by molar-refractivity contribution is 7.13. The van der Waals surface area contributed by atoms with Gasteiger partial charge >= 0.3 is 0 Å². The molecule has 1 N–H and O–H groups in total. The molecule has 1 aromatic carbocycles. The van der Waals surface area contributed by atoms with E-state index in [1.54, 1.807) is 22.5 Å². The van der Waals surface area contributed by atoms with Crippen LogP contribution in [0.5, 0.6) is 0 Å². The van der Waals surface area contributed by atoms with Crippen LogP contribution in [0.3, 0.4) is 0 Å². The average molecular weight is 345 g/mol. The number of nitrogens with one attached hydrogen (secondary N) is 1. The van der Waals surface area contributed by atoms with Crippen molar-refractivity contribution in [1.29, 1.82) is 0 Å². The molecule has 2 heterocycles. The number of hydrogen-bond donors (Lipinski definition) is 1. The second-order valence-corrected chi connectivity index (χ2v) is 6.38. The highest BCUT2D eigenvalue weighted by atomic mass is 32.1. The van der Waals surface area contributed by atoms with E-state index in [-0.39, 0.29) is 18.4 Å². The third-order valence-electron chi connectivity index (χ3n) is 3.80. The van der Waals surface area contributed by atoms with Crippen LogP contribution in [-0.2, 0) is 9.53 Å². The Morgan fingerprint density at radius 2 is 2.25 bits per heavy atom. The molecule has 1 unspecified atom stereocenters. The van der Waals surface area contributed by atoms with E-state index in [0.717, 1.165) is 18.4 Å². The number of rotatable bonds is 7. The van der Waals surface area contributed by atoms with Gasteiger partial charge in [0.1, 0.15) is 6.61 Å². The van der Waals surface area contributed by atoms with Crippen LogP contribution in [0.25, 0.3) is 0 Å². The van der Waals surface area contributed by atoms with Gasteiger partial charge in [0.25, 0.3) is 11.8 Å². The van der Waals surface area contributed by atoms with E-state index in [2.05, 4.69) is 17.2 Å². The van der Waals surface area contributed by atoms with Gasteiger partial charge in [0.2, 0.25) is 0 Å². The quantitative estimate of drug-likeness (QED) is 0.837. The van der Waals surface area contributed by atoms with Crippen LogP contribution in [0.2, 0.25) is 0 Å². The minimum absolute atomic E-state index is 0.0376. The molecule has 0 saturated carbocycles. The lowest BCUT2D eigenvalue weighted by molar-refractivity contribution is -0.126. The Kier molecular flexibility index (Phi) is 5.22. The van der Waals surface area contributed by atoms with E-state index in [4.69, 9.17) is 4.74 Å². The molecule has 126 valence electrons. The highest BCUT2D eigenvalue weighted by Gasteiger charge is 2.36. The van der Waals surface area contributed by atoms with Crippen molar-refractivity contribution in [2.75, 3.05) is 18.5 Å². The topological polar surface area (TPSA) is 71.5 Å². The van der Waals surface area contributed by atoms with Crippen LogP contribution in [0.4, 0.5) is 5.13 Å². The van der Waals surface area contributed by atoms with E-state index >= 15 is 0 Å². The summed E-state index contributed by atoms with van der Waals surface area (Å²) in [6.07, 6.45) is 2.99. The Morgan fingerprint density at radius 3 is 3.00 bits per heavy atom. The summed E-state index contributed by atoms with van der Waals surface area (Å²) in [4.78, 5) is 30.3. The van der Waals surface area contributed by atoms with Crippen molar-refractivity contribution >= 4 is 28.3 Å². The number of carbonyl (C=O) groups is 2. The molecule has 1 aliphatic rings. The zero-order valence-corrected chi connectivity index (χ0v) is 14.2. The zero-order valence-electron chi connectivity index (χ0n) is 13.4. The lowest BCUT2D eigenvalue weighted by atomic mass is 10.1. The Hall–Kier alpha value is -2.25. The molecule has 1 aromatic heterocycles. The number of anilines is 1. The summed E-state index contributed by atoms with van der Waals surface area (Å²) >= 11 is 1.35. The number of fused-ring (bicyclic) bond motifs is 1. The van der Waals surface area contributed by atoms with E-state index in [1.165, 1.54) is 11.3 Å². The molecule has 2 amide bonds. The summed E-state index contributed by atoms with van der Waals surface area (Å²) < 4.78 is 5.79. The summed E-state index contributed by atoms with van der Waals surface area (Å²) in [6.45, 7) is 2.56. The van der Waals surface area contributed by atoms with Gasteiger partial charge in [0.05, 0.1) is 0 Å². The zero-order chi connectivity index (χ0) is 16.9. The Labute approximate surface area is 144 Å². The van der Waals surface area contributed by atoms with E-state index in [9.17, 15) is 9.59 Å². The van der Waals surface area contributed by atoms with Gasteiger partial charge in [0.15, 0.2) is 11.4 Å². The summed E-state index contributed by atoms with van der Waals surface area (Å²) in [7, 11) is 0. The maximum Gasteiger partial charge on any atom is 0.256 e. The van der Waals surface area contributed by atoms with Crippen LogP contribution in [0.1, 0.15) is 41.9 Å². The van der Waals surface area contributed by atoms with E-state index < -0.39 is 6.23 Å². The minimum atomic E-state index is -0.512. The van der Waals surface area contributed by atoms with Gasteiger partial charge in [-0.25, -0.2) is 4.98 Å².